The number of nitrogens with two attached hydrogens (primary N) is 2. The van der Waals surface area contributed by atoms with Crippen LogP contribution in [0.5, 0.6) is 5.75 Å². The van der Waals surface area contributed by atoms with E-state index in [2.05, 4.69) is 26.8 Å². The van der Waals surface area contributed by atoms with Crippen LogP contribution >= 0.6 is 0 Å². The Hall–Kier alpha value is -3.11. The van der Waals surface area contributed by atoms with Crippen LogP contribution in [0, 0.1) is 11.3 Å². The molecule has 2 saturated carbocycles. The highest BCUT2D eigenvalue weighted by Gasteiger charge is 2.50. The Bertz CT molecular complexity index is 1120. The number of aliphatic carboxylic acids is 1. The summed E-state index contributed by atoms with van der Waals surface area (Å²) in [5.41, 5.74) is 10.9. The predicted molar refractivity (Wildman–Crippen MR) is 209 cm³/mol. The van der Waals surface area contributed by atoms with Gasteiger partial charge in [0, 0.05) is 57.8 Å². The third-order valence-corrected chi connectivity index (χ3v) is 9.12. The summed E-state index contributed by atoms with van der Waals surface area (Å²) < 4.78 is 5.43. The zero-order valence-corrected chi connectivity index (χ0v) is 34.1. The number of nitrogens with zero attached hydrogens (tertiary/aromatic N) is 3. The number of fused-ring (bicyclic) bond motifs is 1. The van der Waals surface area contributed by atoms with E-state index in [9.17, 15) is 9.59 Å². The molecule has 1 saturated heterocycles. The van der Waals surface area contributed by atoms with Crippen LogP contribution in [0.1, 0.15) is 143 Å². The molecule has 2 atom stereocenters. The summed E-state index contributed by atoms with van der Waals surface area (Å²) >= 11 is 0. The number of hydrogen-bond acceptors (Lipinski definition) is 7. The van der Waals surface area contributed by atoms with Crippen LogP contribution < -0.4 is 16.3 Å². The Morgan fingerprint density at radius 1 is 1.12 bits per heavy atom. The molecule has 50 heavy (non-hydrogen) atoms. The van der Waals surface area contributed by atoms with Gasteiger partial charge in [-0.25, -0.2) is 5.84 Å². The van der Waals surface area contributed by atoms with Crippen LogP contribution in [0.4, 0.5) is 0 Å². The third kappa shape index (κ3) is 18.8. The van der Waals surface area contributed by atoms with Crippen molar-refractivity contribution in [2.45, 2.75) is 146 Å². The number of methoxy groups -OCH3 is 1. The van der Waals surface area contributed by atoms with Crippen LogP contribution in [0.3, 0.4) is 0 Å². The number of carboxylic acids is 1. The summed E-state index contributed by atoms with van der Waals surface area (Å²) in [6.45, 7) is 21.3. The number of carbonyl (C=O) groups is 3. The van der Waals surface area contributed by atoms with Crippen molar-refractivity contribution < 1.29 is 24.2 Å². The number of ether oxygens (including phenoxy) is 1. The fraction of sp³-hybridized carbons (Fsp3) is 0.725. The van der Waals surface area contributed by atoms with Crippen molar-refractivity contribution in [2.75, 3.05) is 34.3 Å². The molecule has 1 spiro atoms. The van der Waals surface area contributed by atoms with E-state index in [1.165, 1.54) is 61.6 Å². The predicted octanol–water partition coefficient (Wildman–Crippen LogP) is 7.73. The molecule has 5 rings (SSSR count). The van der Waals surface area contributed by atoms with Gasteiger partial charge in [-0.05, 0) is 81.1 Å². The maximum absolute atomic E-state index is 11.0. The van der Waals surface area contributed by atoms with Crippen molar-refractivity contribution >= 4 is 18.3 Å². The molecule has 290 valence electrons. The lowest BCUT2D eigenvalue weighted by molar-refractivity contribution is -0.134. The van der Waals surface area contributed by atoms with Gasteiger partial charge in [0.1, 0.15) is 5.75 Å². The van der Waals surface area contributed by atoms with Gasteiger partial charge >= 0.3 is 0 Å². The van der Waals surface area contributed by atoms with Gasteiger partial charge in [0.05, 0.1) is 13.2 Å². The first-order valence-electron chi connectivity index (χ1n) is 18.9. The summed E-state index contributed by atoms with van der Waals surface area (Å²) in [4.78, 5) is 34.7. The molecular formula is C40H75N5O5. The van der Waals surface area contributed by atoms with Crippen LogP contribution in [-0.2, 0) is 27.2 Å². The molecule has 2 aliphatic heterocycles. The normalized spacial score (nSPS) is 18.8. The molecule has 0 bridgehead atoms. The van der Waals surface area contributed by atoms with Gasteiger partial charge in [0.15, 0.2) is 0 Å². The lowest BCUT2D eigenvalue weighted by atomic mass is 9.88. The smallest absolute Gasteiger partial charge is 0.300 e. The highest BCUT2D eigenvalue weighted by atomic mass is 16.5. The second kappa shape index (κ2) is 26.7. The molecule has 1 aromatic rings. The number of amides is 2. The van der Waals surface area contributed by atoms with Crippen LogP contribution in [-0.4, -0.2) is 78.5 Å². The molecule has 3 fully saturated rings. The molecule has 0 aromatic heterocycles. The van der Waals surface area contributed by atoms with E-state index in [0.717, 1.165) is 63.1 Å². The zero-order chi connectivity index (χ0) is 39.0. The van der Waals surface area contributed by atoms with E-state index < -0.39 is 5.97 Å². The summed E-state index contributed by atoms with van der Waals surface area (Å²) in [6.07, 6.45) is 15.6. The fourth-order valence-corrected chi connectivity index (χ4v) is 6.11. The average molecular weight is 706 g/mol. The highest BCUT2D eigenvalue weighted by Crippen LogP contribution is 2.52. The van der Waals surface area contributed by atoms with Crippen molar-refractivity contribution in [2.24, 2.45) is 22.9 Å². The zero-order valence-electron chi connectivity index (χ0n) is 34.1. The van der Waals surface area contributed by atoms with E-state index in [1.807, 2.05) is 70.5 Å². The van der Waals surface area contributed by atoms with Crippen molar-refractivity contribution in [1.29, 1.82) is 0 Å². The quantitative estimate of drug-likeness (QED) is 0.161. The molecule has 1 aromatic carbocycles. The summed E-state index contributed by atoms with van der Waals surface area (Å²) in [5, 5.41) is 8.96. The van der Waals surface area contributed by atoms with Gasteiger partial charge in [0.25, 0.3) is 5.97 Å². The number of benzene rings is 1. The lowest BCUT2D eigenvalue weighted by Gasteiger charge is -2.34. The minimum Gasteiger partial charge on any atom is -0.496 e. The summed E-state index contributed by atoms with van der Waals surface area (Å²) in [6, 6.07) is 4.34. The molecular weight excluding hydrogens is 630 g/mol. The Morgan fingerprint density at radius 2 is 1.66 bits per heavy atom. The number of carbonyl (C=O) groups excluding carboxylic acids is 2. The highest BCUT2D eigenvalue weighted by molar-refractivity contribution is 5.79. The van der Waals surface area contributed by atoms with Crippen LogP contribution in [0.25, 0.3) is 0 Å². The van der Waals surface area contributed by atoms with Crippen molar-refractivity contribution in [1.82, 2.24) is 14.8 Å². The molecule has 4 aliphatic rings. The van der Waals surface area contributed by atoms with Gasteiger partial charge in [-0.2, -0.15) is 0 Å². The van der Waals surface area contributed by atoms with Gasteiger partial charge in [-0.1, -0.05) is 79.7 Å². The molecule has 2 amide bonds. The van der Waals surface area contributed by atoms with E-state index >= 15 is 0 Å². The average Bonchev–Trinajstić information content (AvgIpc) is 3.78. The third-order valence-electron chi connectivity index (χ3n) is 9.12. The monoisotopic (exact) mass is 706 g/mol. The Balaban J connectivity index is 0. The largest absolute Gasteiger partial charge is 0.496 e. The van der Waals surface area contributed by atoms with Gasteiger partial charge < -0.3 is 30.4 Å². The van der Waals surface area contributed by atoms with Crippen LogP contribution in [0.2, 0.25) is 0 Å². The van der Waals surface area contributed by atoms with E-state index in [0.29, 0.717) is 11.3 Å². The first kappa shape index (κ1) is 49.0. The molecule has 0 radical (unpaired) electrons. The lowest BCUT2D eigenvalue weighted by Crippen LogP contribution is -2.33. The second-order valence-corrected chi connectivity index (χ2v) is 13.4. The molecule has 5 N–H and O–H groups in total. The Labute approximate surface area is 305 Å². The van der Waals surface area contributed by atoms with E-state index in [1.54, 1.807) is 19.2 Å². The topological polar surface area (TPSA) is 142 Å². The number of aryl methyl sites for hydroxylation is 1. The number of carboxylic acid groups (broad SMARTS) is 1. The maximum Gasteiger partial charge on any atom is 0.300 e. The van der Waals surface area contributed by atoms with Crippen molar-refractivity contribution in [3.8, 4) is 5.75 Å². The minimum atomic E-state index is -0.833. The molecule has 2 aliphatic carbocycles. The number of hydrogen-bond donors (Lipinski definition) is 3. The van der Waals surface area contributed by atoms with Crippen molar-refractivity contribution in [3.63, 3.8) is 0 Å². The number of rotatable bonds is 5. The van der Waals surface area contributed by atoms with Gasteiger partial charge in [-0.15, -0.1) is 0 Å². The number of allylic oxidation sites excluding steroid dienone is 1. The minimum absolute atomic E-state index is 0.0796. The first-order valence-corrected chi connectivity index (χ1v) is 18.9. The van der Waals surface area contributed by atoms with Gasteiger partial charge in [0.2, 0.25) is 12.3 Å². The molecule has 10 heteroatoms. The van der Waals surface area contributed by atoms with E-state index in [4.69, 9.17) is 26.2 Å². The second-order valence-electron chi connectivity index (χ2n) is 13.4. The van der Waals surface area contributed by atoms with Gasteiger partial charge in [-0.3, -0.25) is 14.4 Å². The SMILES string of the molecule is CC.CC.CC(=CC(C)N)N(C)N.CC(=O)O.CC1CCCCC1.CCc1ccc(OC)c2c1CCN(C=O)C2C.CN1CC2(CC2)CC1=O. The van der Waals surface area contributed by atoms with Crippen LogP contribution in [0.15, 0.2) is 23.9 Å². The molecule has 2 unspecified atom stereocenters. The standard InChI is InChI=1S/C14H19NO2.C7H11NO.C7H14.C6H15N3.C2H4O2.2C2H6/c1-4-11-5-6-13(17-3)14-10(2)15(9-16)8-7-12(11)14;1-8-5-7(2-3-7)4-6(8)9;1-7-5-3-2-4-6-7;1-5(7)4-6(2)9(3)8;1-2(3)4;2*1-2/h5-6,9-10H,4,7-8H2,1-3H3;2-5H2,1H3;7H,2-6H2,1H3;4-5H,7-8H2,1-3H3;1H3,(H,3,4);2*1-2H3. The summed E-state index contributed by atoms with van der Waals surface area (Å²) in [5.74, 6) is 6.84. The first-order chi connectivity index (χ1) is 23.6. The summed E-state index contributed by atoms with van der Waals surface area (Å²) in [7, 11) is 5.37. The maximum atomic E-state index is 11.0. The fourth-order valence-electron chi connectivity index (χ4n) is 6.11. The van der Waals surface area contributed by atoms with E-state index in [-0.39, 0.29) is 12.1 Å². The Kier molecular flexibility index (Phi) is 26.1. The molecule has 2 heterocycles. The number of likely N-dealkylation sites (tertiary alicyclic amines) is 1. The molecule has 10 nitrogen and oxygen atoms in total. The number of hydrazine groups is 1. The van der Waals surface area contributed by atoms with Crippen molar-refractivity contribution in [3.05, 3.63) is 40.6 Å². The Morgan fingerprint density at radius 3 is 1.96 bits per heavy atom.